The van der Waals surface area contributed by atoms with Crippen LogP contribution in [0.25, 0.3) is 10.4 Å². The number of thioether (sulfide) groups is 1. The highest BCUT2D eigenvalue weighted by molar-refractivity contribution is 8.13. The maximum Gasteiger partial charge on any atom is 0.180 e. The number of benzene rings is 2. The first-order chi connectivity index (χ1) is 12.2. The van der Waals surface area contributed by atoms with E-state index in [-0.39, 0.29) is 0 Å². The van der Waals surface area contributed by atoms with Gasteiger partial charge in [-0.05, 0) is 41.8 Å². The van der Waals surface area contributed by atoms with Gasteiger partial charge >= 0.3 is 0 Å². The van der Waals surface area contributed by atoms with Crippen molar-refractivity contribution in [3.8, 4) is 10.4 Å². The van der Waals surface area contributed by atoms with Crippen LogP contribution in [0.15, 0.2) is 76.9 Å². The quantitative estimate of drug-likeness (QED) is 0.379. The molecule has 0 fully saturated rings. The Hall–Kier alpha value is -2.37. The summed E-state index contributed by atoms with van der Waals surface area (Å²) < 4.78 is 0. The van der Waals surface area contributed by atoms with Crippen LogP contribution in [0.2, 0.25) is 0 Å². The van der Waals surface area contributed by atoms with E-state index in [0.717, 1.165) is 11.3 Å². The predicted molar refractivity (Wildman–Crippen MR) is 111 cm³/mol. The fourth-order valence-corrected chi connectivity index (χ4v) is 3.75. The molecule has 0 radical (unpaired) electrons. The fraction of sp³-hybridized carbons (Fsp3) is 0.100. The van der Waals surface area contributed by atoms with E-state index < -0.39 is 0 Å². The third kappa shape index (κ3) is 5.31. The Morgan fingerprint density at radius 2 is 1.92 bits per heavy atom. The van der Waals surface area contributed by atoms with Crippen molar-refractivity contribution in [3.05, 3.63) is 82.7 Å². The summed E-state index contributed by atoms with van der Waals surface area (Å²) in [5.41, 5.74) is 9.33. The predicted octanol–water partition coefficient (Wildman–Crippen LogP) is 5.31. The average molecular weight is 366 g/mol. The third-order valence-electron chi connectivity index (χ3n) is 3.50. The van der Waals surface area contributed by atoms with Crippen LogP contribution in [0.1, 0.15) is 16.0 Å². The van der Waals surface area contributed by atoms with E-state index in [4.69, 9.17) is 5.73 Å². The lowest BCUT2D eigenvalue weighted by Gasteiger charge is -2.00. The maximum absolute atomic E-state index is 5.91. The van der Waals surface area contributed by atoms with Gasteiger partial charge in [-0.15, -0.1) is 16.4 Å². The smallest absolute Gasteiger partial charge is 0.180 e. The highest BCUT2D eigenvalue weighted by Crippen LogP contribution is 2.27. The van der Waals surface area contributed by atoms with Crippen molar-refractivity contribution in [1.29, 1.82) is 0 Å². The minimum atomic E-state index is 0.463. The summed E-state index contributed by atoms with van der Waals surface area (Å²) in [5.74, 6) is 0.791. The number of rotatable bonds is 5. The summed E-state index contributed by atoms with van der Waals surface area (Å²) in [6.45, 7) is 2.12. The number of hydrogen-bond donors (Lipinski definition) is 1. The van der Waals surface area contributed by atoms with Gasteiger partial charge in [-0.3, -0.25) is 0 Å². The Balaban J connectivity index is 1.61. The Kier molecular flexibility index (Phi) is 6.04. The second-order valence-corrected chi connectivity index (χ2v) is 7.78. The molecule has 1 aromatic heterocycles. The van der Waals surface area contributed by atoms with Crippen LogP contribution in [0.5, 0.6) is 0 Å². The minimum Gasteiger partial charge on any atom is -0.377 e. The molecule has 0 atom stereocenters. The van der Waals surface area contributed by atoms with Gasteiger partial charge in [0.25, 0.3) is 0 Å². The van der Waals surface area contributed by atoms with Gasteiger partial charge in [-0.1, -0.05) is 60.3 Å². The fourth-order valence-electron chi connectivity index (χ4n) is 2.27. The molecule has 1 heterocycles. The zero-order valence-electron chi connectivity index (χ0n) is 13.9. The largest absolute Gasteiger partial charge is 0.377 e. The molecule has 25 heavy (non-hydrogen) atoms. The van der Waals surface area contributed by atoms with Crippen molar-refractivity contribution in [2.45, 2.75) is 12.7 Å². The van der Waals surface area contributed by atoms with Gasteiger partial charge in [0.2, 0.25) is 0 Å². The standard InChI is InChI=1S/C20H19N3S2/c1-15-10-11-19(25-15)18-9-5-8-17(12-18)13-22-23-20(21)24-14-16-6-3-2-4-7-16/h2-13H,14H2,1H3,(H2,21,23). The Morgan fingerprint density at radius 1 is 1.08 bits per heavy atom. The monoisotopic (exact) mass is 365 g/mol. The topological polar surface area (TPSA) is 50.7 Å². The number of hydrogen-bond acceptors (Lipinski definition) is 4. The first-order valence-electron chi connectivity index (χ1n) is 7.91. The van der Waals surface area contributed by atoms with Gasteiger partial charge in [0, 0.05) is 15.5 Å². The molecule has 0 amide bonds. The summed E-state index contributed by atoms with van der Waals surface area (Å²) in [6.07, 6.45) is 1.74. The normalized spacial score (nSPS) is 12.0. The second kappa shape index (κ2) is 8.65. The van der Waals surface area contributed by atoms with E-state index in [2.05, 4.69) is 53.5 Å². The van der Waals surface area contributed by atoms with Crippen LogP contribution in [0, 0.1) is 6.92 Å². The zero-order valence-corrected chi connectivity index (χ0v) is 15.6. The zero-order chi connectivity index (χ0) is 17.5. The lowest BCUT2D eigenvalue weighted by molar-refractivity contribution is 1.25. The molecule has 3 rings (SSSR count). The van der Waals surface area contributed by atoms with E-state index in [1.54, 1.807) is 17.6 Å². The minimum absolute atomic E-state index is 0.463. The Morgan fingerprint density at radius 3 is 2.68 bits per heavy atom. The molecule has 0 unspecified atom stereocenters. The molecule has 0 aliphatic heterocycles. The molecule has 0 aliphatic rings. The van der Waals surface area contributed by atoms with Gasteiger partial charge < -0.3 is 5.73 Å². The highest BCUT2D eigenvalue weighted by atomic mass is 32.2. The van der Waals surface area contributed by atoms with Crippen LogP contribution in [-0.2, 0) is 5.75 Å². The summed E-state index contributed by atoms with van der Waals surface area (Å²) in [7, 11) is 0. The van der Waals surface area contributed by atoms with E-state index in [1.165, 1.54) is 32.6 Å². The maximum atomic E-state index is 5.91. The number of nitrogens with zero attached hydrogens (tertiary/aromatic N) is 2. The third-order valence-corrected chi connectivity index (χ3v) is 5.41. The molecular formula is C20H19N3S2. The van der Waals surface area contributed by atoms with Crippen LogP contribution < -0.4 is 5.73 Å². The molecule has 0 aliphatic carbocycles. The van der Waals surface area contributed by atoms with E-state index in [9.17, 15) is 0 Å². The Labute approximate surface area is 156 Å². The average Bonchev–Trinajstić information content (AvgIpc) is 3.08. The van der Waals surface area contributed by atoms with Crippen molar-refractivity contribution in [3.63, 3.8) is 0 Å². The molecule has 0 spiro atoms. The van der Waals surface area contributed by atoms with Gasteiger partial charge in [-0.2, -0.15) is 5.10 Å². The van der Waals surface area contributed by atoms with Gasteiger partial charge in [0.1, 0.15) is 0 Å². The van der Waals surface area contributed by atoms with Crippen LogP contribution in [0.4, 0.5) is 0 Å². The summed E-state index contributed by atoms with van der Waals surface area (Å²) in [4.78, 5) is 2.57. The molecule has 0 saturated heterocycles. The molecule has 5 heteroatoms. The molecule has 2 N–H and O–H groups in total. The number of aryl methyl sites for hydroxylation is 1. The molecular weight excluding hydrogens is 346 g/mol. The van der Waals surface area contributed by atoms with E-state index in [0.29, 0.717) is 5.17 Å². The van der Waals surface area contributed by atoms with Crippen LogP contribution in [-0.4, -0.2) is 11.4 Å². The highest BCUT2D eigenvalue weighted by Gasteiger charge is 2.01. The van der Waals surface area contributed by atoms with Gasteiger partial charge in [-0.25, -0.2) is 0 Å². The SMILES string of the molecule is Cc1ccc(-c2cccc(C=NN=C(N)SCc3ccccc3)c2)s1. The lowest BCUT2D eigenvalue weighted by atomic mass is 10.1. The van der Waals surface area contributed by atoms with E-state index in [1.807, 2.05) is 30.3 Å². The van der Waals surface area contributed by atoms with Crippen molar-refractivity contribution in [2.75, 3.05) is 0 Å². The molecule has 3 aromatic rings. The first-order valence-corrected chi connectivity index (χ1v) is 9.71. The van der Waals surface area contributed by atoms with Crippen molar-refractivity contribution < 1.29 is 0 Å². The molecule has 0 bridgehead atoms. The number of nitrogens with two attached hydrogens (primary N) is 1. The molecule has 126 valence electrons. The summed E-state index contributed by atoms with van der Waals surface area (Å²) in [5, 5.41) is 8.65. The first kappa shape index (κ1) is 17.5. The Bertz CT molecular complexity index is 883. The van der Waals surface area contributed by atoms with Crippen molar-refractivity contribution in [2.24, 2.45) is 15.9 Å². The van der Waals surface area contributed by atoms with Crippen LogP contribution >= 0.6 is 23.1 Å². The van der Waals surface area contributed by atoms with Gasteiger partial charge in [0.05, 0.1) is 6.21 Å². The molecule has 0 saturated carbocycles. The van der Waals surface area contributed by atoms with Crippen molar-refractivity contribution in [1.82, 2.24) is 0 Å². The lowest BCUT2D eigenvalue weighted by Crippen LogP contribution is -2.05. The summed E-state index contributed by atoms with van der Waals surface area (Å²) >= 11 is 3.27. The van der Waals surface area contributed by atoms with E-state index >= 15 is 0 Å². The molecule has 2 aromatic carbocycles. The second-order valence-electron chi connectivity index (χ2n) is 5.49. The van der Waals surface area contributed by atoms with Crippen LogP contribution in [0.3, 0.4) is 0 Å². The number of thiophene rings is 1. The summed E-state index contributed by atoms with van der Waals surface area (Å²) in [6, 6.07) is 22.7. The van der Waals surface area contributed by atoms with Gasteiger partial charge in [0.15, 0.2) is 5.17 Å². The van der Waals surface area contributed by atoms with Crippen molar-refractivity contribution >= 4 is 34.5 Å². The molecule has 3 nitrogen and oxygen atoms in total. The number of amidine groups is 1.